The fourth-order valence-electron chi connectivity index (χ4n) is 1.90. The number of nitrogens with zero attached hydrogens (tertiary/aromatic N) is 4. The minimum absolute atomic E-state index is 0.624. The number of nitrogen functional groups attached to an aromatic ring is 1. The first kappa shape index (κ1) is 9.77. The van der Waals surface area contributed by atoms with E-state index in [9.17, 15) is 0 Å². The van der Waals surface area contributed by atoms with Gasteiger partial charge >= 0.3 is 0 Å². The molecule has 0 fully saturated rings. The van der Waals surface area contributed by atoms with Crippen molar-refractivity contribution in [3.63, 3.8) is 0 Å². The Morgan fingerprint density at radius 1 is 1.12 bits per heavy atom. The van der Waals surface area contributed by atoms with Crippen LogP contribution < -0.4 is 5.73 Å². The van der Waals surface area contributed by atoms with Gasteiger partial charge in [-0.05, 0) is 12.1 Å². The minimum atomic E-state index is 0.624. The maximum absolute atomic E-state index is 5.91. The van der Waals surface area contributed by atoms with Crippen molar-refractivity contribution in [2.24, 2.45) is 7.05 Å². The third kappa shape index (κ3) is 1.44. The SMILES string of the molecule is Cn1c(-c2ccncc2N)nc2cnccc21. The monoisotopic (exact) mass is 225 g/mol. The van der Waals surface area contributed by atoms with E-state index in [1.807, 2.05) is 23.7 Å². The first-order valence-corrected chi connectivity index (χ1v) is 5.23. The highest BCUT2D eigenvalue weighted by atomic mass is 15.1. The van der Waals surface area contributed by atoms with Crippen molar-refractivity contribution in [1.82, 2.24) is 19.5 Å². The van der Waals surface area contributed by atoms with E-state index in [1.165, 1.54) is 0 Å². The summed E-state index contributed by atoms with van der Waals surface area (Å²) in [5.41, 5.74) is 9.32. The lowest BCUT2D eigenvalue weighted by atomic mass is 10.2. The van der Waals surface area contributed by atoms with Crippen LogP contribution in [0.5, 0.6) is 0 Å². The highest BCUT2D eigenvalue weighted by Gasteiger charge is 2.11. The molecule has 0 bridgehead atoms. The van der Waals surface area contributed by atoms with Gasteiger partial charge in [0.25, 0.3) is 0 Å². The van der Waals surface area contributed by atoms with Crippen molar-refractivity contribution in [2.75, 3.05) is 5.73 Å². The molecule has 3 heterocycles. The normalized spacial score (nSPS) is 10.9. The van der Waals surface area contributed by atoms with Crippen LogP contribution in [0.4, 0.5) is 5.69 Å². The van der Waals surface area contributed by atoms with E-state index < -0.39 is 0 Å². The molecule has 0 amide bonds. The van der Waals surface area contributed by atoms with Gasteiger partial charge in [0, 0.05) is 25.0 Å². The van der Waals surface area contributed by atoms with E-state index in [0.29, 0.717) is 5.69 Å². The van der Waals surface area contributed by atoms with E-state index in [1.54, 1.807) is 24.8 Å². The van der Waals surface area contributed by atoms with Crippen molar-refractivity contribution < 1.29 is 0 Å². The molecule has 0 aliphatic heterocycles. The predicted octanol–water partition coefficient (Wildman–Crippen LogP) is 1.61. The second kappa shape index (κ2) is 3.55. The highest BCUT2D eigenvalue weighted by Crippen LogP contribution is 2.26. The van der Waals surface area contributed by atoms with Gasteiger partial charge in [0.15, 0.2) is 0 Å². The Morgan fingerprint density at radius 2 is 1.88 bits per heavy atom. The number of rotatable bonds is 1. The van der Waals surface area contributed by atoms with Crippen LogP contribution in [0.1, 0.15) is 0 Å². The Kier molecular flexibility index (Phi) is 2.04. The fourth-order valence-corrected chi connectivity index (χ4v) is 1.90. The Labute approximate surface area is 98.0 Å². The van der Waals surface area contributed by atoms with E-state index in [0.717, 1.165) is 22.4 Å². The summed E-state index contributed by atoms with van der Waals surface area (Å²) in [5.74, 6) is 0.827. The zero-order chi connectivity index (χ0) is 11.8. The number of aryl methyl sites for hydroxylation is 1. The van der Waals surface area contributed by atoms with E-state index >= 15 is 0 Å². The second-order valence-corrected chi connectivity index (χ2v) is 3.82. The number of aromatic nitrogens is 4. The van der Waals surface area contributed by atoms with Crippen molar-refractivity contribution in [1.29, 1.82) is 0 Å². The van der Waals surface area contributed by atoms with Crippen LogP contribution in [0.25, 0.3) is 22.4 Å². The highest BCUT2D eigenvalue weighted by molar-refractivity contribution is 5.82. The van der Waals surface area contributed by atoms with Crippen LogP contribution >= 0.6 is 0 Å². The van der Waals surface area contributed by atoms with Gasteiger partial charge in [0.1, 0.15) is 11.3 Å². The lowest BCUT2D eigenvalue weighted by Gasteiger charge is -2.04. The topological polar surface area (TPSA) is 69.6 Å². The van der Waals surface area contributed by atoms with Crippen molar-refractivity contribution in [3.05, 3.63) is 36.9 Å². The summed E-state index contributed by atoms with van der Waals surface area (Å²) in [4.78, 5) is 12.6. The third-order valence-corrected chi connectivity index (χ3v) is 2.78. The van der Waals surface area contributed by atoms with Gasteiger partial charge in [-0.3, -0.25) is 9.97 Å². The van der Waals surface area contributed by atoms with Crippen LogP contribution in [-0.4, -0.2) is 19.5 Å². The number of hydrogen-bond acceptors (Lipinski definition) is 4. The van der Waals surface area contributed by atoms with Gasteiger partial charge in [-0.1, -0.05) is 0 Å². The number of fused-ring (bicyclic) bond motifs is 1. The molecule has 0 atom stereocenters. The molecule has 0 unspecified atom stereocenters. The van der Waals surface area contributed by atoms with Crippen molar-refractivity contribution in [2.45, 2.75) is 0 Å². The van der Waals surface area contributed by atoms with Crippen LogP contribution in [0, 0.1) is 0 Å². The molecule has 3 aromatic rings. The maximum Gasteiger partial charge on any atom is 0.143 e. The molecule has 5 nitrogen and oxygen atoms in total. The zero-order valence-corrected chi connectivity index (χ0v) is 9.33. The van der Waals surface area contributed by atoms with Gasteiger partial charge in [-0.15, -0.1) is 0 Å². The summed E-state index contributed by atoms with van der Waals surface area (Å²) in [7, 11) is 1.96. The van der Waals surface area contributed by atoms with Crippen LogP contribution in [0.3, 0.4) is 0 Å². The zero-order valence-electron chi connectivity index (χ0n) is 9.33. The first-order chi connectivity index (χ1) is 8.27. The number of pyridine rings is 2. The molecular weight excluding hydrogens is 214 g/mol. The molecule has 0 saturated heterocycles. The average molecular weight is 225 g/mol. The lowest BCUT2D eigenvalue weighted by molar-refractivity contribution is 0.958. The minimum Gasteiger partial charge on any atom is -0.397 e. The van der Waals surface area contributed by atoms with Gasteiger partial charge in [0.05, 0.1) is 23.6 Å². The summed E-state index contributed by atoms with van der Waals surface area (Å²) in [6.07, 6.45) is 6.84. The summed E-state index contributed by atoms with van der Waals surface area (Å²) in [5, 5.41) is 0. The third-order valence-electron chi connectivity index (χ3n) is 2.78. The Bertz CT molecular complexity index is 686. The fraction of sp³-hybridized carbons (Fsp3) is 0.0833. The van der Waals surface area contributed by atoms with E-state index in [-0.39, 0.29) is 0 Å². The molecule has 3 rings (SSSR count). The lowest BCUT2D eigenvalue weighted by Crippen LogP contribution is -1.97. The summed E-state index contributed by atoms with van der Waals surface area (Å²) >= 11 is 0. The standard InChI is InChI=1S/C12H11N5/c1-17-11-3-5-15-7-10(11)16-12(17)8-2-4-14-6-9(8)13/h2-7H,13H2,1H3. The second-order valence-electron chi connectivity index (χ2n) is 3.82. The Balaban J connectivity index is 2.32. The molecule has 5 heteroatoms. The smallest absolute Gasteiger partial charge is 0.143 e. The van der Waals surface area contributed by atoms with Gasteiger partial charge < -0.3 is 10.3 Å². The van der Waals surface area contributed by atoms with E-state index in [2.05, 4.69) is 15.0 Å². The molecule has 0 aliphatic rings. The molecule has 0 radical (unpaired) electrons. The number of imidazole rings is 1. The van der Waals surface area contributed by atoms with Crippen LogP contribution in [0.15, 0.2) is 36.9 Å². The molecule has 17 heavy (non-hydrogen) atoms. The summed E-state index contributed by atoms with van der Waals surface area (Å²) in [6.45, 7) is 0. The number of hydrogen-bond donors (Lipinski definition) is 1. The molecule has 3 aromatic heterocycles. The van der Waals surface area contributed by atoms with Gasteiger partial charge in [-0.25, -0.2) is 4.98 Å². The molecule has 0 aromatic carbocycles. The van der Waals surface area contributed by atoms with Crippen molar-refractivity contribution in [3.8, 4) is 11.4 Å². The van der Waals surface area contributed by atoms with Gasteiger partial charge in [-0.2, -0.15) is 0 Å². The molecule has 0 spiro atoms. The predicted molar refractivity (Wildman–Crippen MR) is 66.2 cm³/mol. The Hall–Kier alpha value is -2.43. The van der Waals surface area contributed by atoms with Crippen LogP contribution in [0.2, 0.25) is 0 Å². The number of anilines is 1. The molecule has 2 N–H and O–H groups in total. The molecule has 0 aliphatic carbocycles. The average Bonchev–Trinajstić information content (AvgIpc) is 2.68. The number of nitrogens with two attached hydrogens (primary N) is 1. The van der Waals surface area contributed by atoms with Gasteiger partial charge in [0.2, 0.25) is 0 Å². The largest absolute Gasteiger partial charge is 0.397 e. The Morgan fingerprint density at radius 3 is 2.65 bits per heavy atom. The summed E-state index contributed by atoms with van der Waals surface area (Å²) in [6, 6.07) is 3.80. The molecule has 0 saturated carbocycles. The molecular formula is C12H11N5. The van der Waals surface area contributed by atoms with E-state index in [4.69, 9.17) is 5.73 Å². The molecule has 84 valence electrons. The maximum atomic E-state index is 5.91. The summed E-state index contributed by atoms with van der Waals surface area (Å²) < 4.78 is 2.00. The van der Waals surface area contributed by atoms with Crippen LogP contribution in [-0.2, 0) is 7.05 Å². The first-order valence-electron chi connectivity index (χ1n) is 5.23. The quantitative estimate of drug-likeness (QED) is 0.683. The van der Waals surface area contributed by atoms with Crippen molar-refractivity contribution >= 4 is 16.7 Å².